The number of hydrogen-bond acceptors (Lipinski definition) is 3. The van der Waals surface area contributed by atoms with E-state index in [1.807, 2.05) is 13.8 Å². The van der Waals surface area contributed by atoms with E-state index in [4.69, 9.17) is 10.2 Å². The minimum absolute atomic E-state index is 0.0452. The molecule has 1 atom stereocenters. The molecule has 1 heterocycles. The van der Waals surface area contributed by atoms with Gasteiger partial charge in [0, 0.05) is 11.3 Å². The normalized spacial score (nSPS) is 18.1. The van der Waals surface area contributed by atoms with E-state index in [2.05, 4.69) is 5.10 Å². The third-order valence-corrected chi connectivity index (χ3v) is 3.75. The molecule has 0 spiro atoms. The van der Waals surface area contributed by atoms with Crippen LogP contribution >= 0.6 is 0 Å². The number of hydrogen-bond donors (Lipinski definition) is 2. The van der Waals surface area contributed by atoms with Crippen molar-refractivity contribution >= 4 is 11.9 Å². The van der Waals surface area contributed by atoms with Crippen LogP contribution in [-0.4, -0.2) is 31.9 Å². The van der Waals surface area contributed by atoms with Gasteiger partial charge in [0.15, 0.2) is 0 Å². The lowest BCUT2D eigenvalue weighted by atomic mass is 9.81. The minimum atomic E-state index is -0.925. The predicted octanol–water partition coefficient (Wildman–Crippen LogP) is 1.99. The van der Waals surface area contributed by atoms with Gasteiger partial charge in [0.2, 0.25) is 0 Å². The molecule has 0 saturated heterocycles. The van der Waals surface area contributed by atoms with Gasteiger partial charge in [-0.05, 0) is 31.1 Å². The van der Waals surface area contributed by atoms with Crippen LogP contribution in [0, 0.1) is 0 Å². The van der Waals surface area contributed by atoms with Crippen molar-refractivity contribution in [1.29, 1.82) is 0 Å². The van der Waals surface area contributed by atoms with Gasteiger partial charge in [-0.25, -0.2) is 0 Å². The summed E-state index contributed by atoms with van der Waals surface area (Å²) in [5, 5.41) is 22.5. The smallest absolute Gasteiger partial charge is 0.325 e. The lowest BCUT2D eigenvalue weighted by Crippen LogP contribution is -2.18. The molecule has 0 fully saturated rings. The fraction of sp³-hybridized carbons (Fsp3) is 0.643. The number of carbonyl (C=O) groups is 2. The number of carboxylic acids is 2. The van der Waals surface area contributed by atoms with Gasteiger partial charge in [-0.2, -0.15) is 5.10 Å². The summed E-state index contributed by atoms with van der Waals surface area (Å²) in [6.45, 7) is 3.84. The monoisotopic (exact) mass is 280 g/mol. The molecule has 2 rings (SSSR count). The molecular weight excluding hydrogens is 260 g/mol. The van der Waals surface area contributed by atoms with E-state index in [0.29, 0.717) is 0 Å². The summed E-state index contributed by atoms with van der Waals surface area (Å²) in [6.07, 6.45) is 2.58. The zero-order chi connectivity index (χ0) is 14.9. The fourth-order valence-corrected chi connectivity index (χ4v) is 3.00. The highest BCUT2D eigenvalue weighted by Crippen LogP contribution is 2.38. The average molecular weight is 280 g/mol. The van der Waals surface area contributed by atoms with Gasteiger partial charge >= 0.3 is 11.9 Å². The van der Waals surface area contributed by atoms with E-state index in [1.54, 1.807) is 4.68 Å². The molecule has 0 bridgehead atoms. The first-order valence-electron chi connectivity index (χ1n) is 6.93. The molecule has 0 amide bonds. The second kappa shape index (κ2) is 5.64. The molecule has 1 aromatic rings. The lowest BCUT2D eigenvalue weighted by Gasteiger charge is -2.23. The second-order valence-electron chi connectivity index (χ2n) is 5.64. The number of nitrogens with zero attached hydrogens (tertiary/aromatic N) is 2. The van der Waals surface area contributed by atoms with Crippen molar-refractivity contribution in [3.63, 3.8) is 0 Å². The van der Waals surface area contributed by atoms with Crippen molar-refractivity contribution in [2.45, 2.75) is 57.9 Å². The third kappa shape index (κ3) is 2.84. The molecule has 0 aromatic carbocycles. The molecule has 0 aliphatic heterocycles. The van der Waals surface area contributed by atoms with Crippen molar-refractivity contribution in [2.24, 2.45) is 0 Å². The van der Waals surface area contributed by atoms with E-state index in [9.17, 15) is 9.59 Å². The first kappa shape index (κ1) is 14.6. The Morgan fingerprint density at radius 2 is 2.05 bits per heavy atom. The Bertz CT molecular complexity index is 534. The number of rotatable bonds is 5. The summed E-state index contributed by atoms with van der Waals surface area (Å²) in [5.41, 5.74) is 2.75. The zero-order valence-corrected chi connectivity index (χ0v) is 11.8. The van der Waals surface area contributed by atoms with Gasteiger partial charge in [0.05, 0.1) is 12.1 Å². The van der Waals surface area contributed by atoms with Gasteiger partial charge in [0.25, 0.3) is 0 Å². The Balaban J connectivity index is 2.46. The van der Waals surface area contributed by atoms with E-state index in [-0.39, 0.29) is 24.8 Å². The molecule has 1 unspecified atom stereocenters. The largest absolute Gasteiger partial charge is 0.481 e. The predicted molar refractivity (Wildman–Crippen MR) is 71.9 cm³/mol. The molecule has 1 aliphatic carbocycles. The Labute approximate surface area is 117 Å². The molecule has 1 aliphatic rings. The van der Waals surface area contributed by atoms with Crippen molar-refractivity contribution in [2.75, 3.05) is 0 Å². The topological polar surface area (TPSA) is 92.4 Å². The summed E-state index contributed by atoms with van der Waals surface area (Å²) in [6, 6.07) is 0. The Hall–Kier alpha value is -1.85. The highest BCUT2D eigenvalue weighted by molar-refractivity contribution is 5.69. The minimum Gasteiger partial charge on any atom is -0.481 e. The van der Waals surface area contributed by atoms with E-state index >= 15 is 0 Å². The summed E-state index contributed by atoms with van der Waals surface area (Å²) in [7, 11) is 0. The fourth-order valence-electron chi connectivity index (χ4n) is 3.00. The van der Waals surface area contributed by atoms with Gasteiger partial charge < -0.3 is 10.2 Å². The standard InChI is InChI=1S/C14H20N2O4/c1-8(2)14-13-9(6-11(17)18)4-3-5-10(13)16(15-14)7-12(19)20/h8-9H,3-7H2,1-2H3,(H,17,18)(H,19,20). The molecule has 2 N–H and O–H groups in total. The molecule has 6 nitrogen and oxygen atoms in total. The maximum atomic E-state index is 11.0. The molecule has 0 saturated carbocycles. The number of carboxylic acid groups (broad SMARTS) is 2. The highest BCUT2D eigenvalue weighted by atomic mass is 16.4. The molecule has 6 heteroatoms. The lowest BCUT2D eigenvalue weighted by molar-refractivity contribution is -0.138. The van der Waals surface area contributed by atoms with E-state index < -0.39 is 11.9 Å². The van der Waals surface area contributed by atoms with Crippen LogP contribution in [0.15, 0.2) is 0 Å². The van der Waals surface area contributed by atoms with Gasteiger partial charge in [-0.1, -0.05) is 13.8 Å². The maximum Gasteiger partial charge on any atom is 0.325 e. The van der Waals surface area contributed by atoms with Crippen LogP contribution in [0.3, 0.4) is 0 Å². The summed E-state index contributed by atoms with van der Waals surface area (Å²) >= 11 is 0. The zero-order valence-electron chi connectivity index (χ0n) is 11.8. The molecule has 20 heavy (non-hydrogen) atoms. The van der Waals surface area contributed by atoms with Crippen molar-refractivity contribution in [3.05, 3.63) is 17.0 Å². The molecule has 1 aromatic heterocycles. The molecule has 110 valence electrons. The van der Waals surface area contributed by atoms with Crippen LogP contribution in [0.1, 0.15) is 61.9 Å². The van der Waals surface area contributed by atoms with Crippen LogP contribution in [0.25, 0.3) is 0 Å². The first-order valence-corrected chi connectivity index (χ1v) is 6.93. The van der Waals surface area contributed by atoms with Crippen LogP contribution < -0.4 is 0 Å². The summed E-state index contributed by atoms with van der Waals surface area (Å²) in [5.74, 6) is -1.63. The summed E-state index contributed by atoms with van der Waals surface area (Å²) < 4.78 is 1.54. The quantitative estimate of drug-likeness (QED) is 0.860. The van der Waals surface area contributed by atoms with E-state index in [0.717, 1.165) is 36.2 Å². The first-order chi connectivity index (χ1) is 9.40. The Morgan fingerprint density at radius 1 is 1.35 bits per heavy atom. The van der Waals surface area contributed by atoms with Gasteiger partial charge in [-0.15, -0.1) is 0 Å². The Morgan fingerprint density at radius 3 is 2.60 bits per heavy atom. The highest BCUT2D eigenvalue weighted by Gasteiger charge is 2.31. The van der Waals surface area contributed by atoms with Crippen LogP contribution in [0.5, 0.6) is 0 Å². The van der Waals surface area contributed by atoms with Crippen molar-refractivity contribution in [1.82, 2.24) is 9.78 Å². The maximum absolute atomic E-state index is 11.0. The molecule has 0 radical (unpaired) electrons. The van der Waals surface area contributed by atoms with Gasteiger partial charge in [-0.3, -0.25) is 14.3 Å². The van der Waals surface area contributed by atoms with Gasteiger partial charge in [0.1, 0.15) is 6.54 Å². The number of aromatic nitrogens is 2. The number of aliphatic carboxylic acids is 2. The SMILES string of the molecule is CC(C)c1nn(CC(=O)O)c2c1C(CC(=O)O)CCC2. The average Bonchev–Trinajstić information content (AvgIpc) is 2.68. The number of fused-ring (bicyclic) bond motifs is 1. The Kier molecular flexibility index (Phi) is 4.11. The van der Waals surface area contributed by atoms with Crippen LogP contribution in [0.2, 0.25) is 0 Å². The van der Waals surface area contributed by atoms with E-state index in [1.165, 1.54) is 0 Å². The molecular formula is C14H20N2O4. The van der Waals surface area contributed by atoms with Crippen molar-refractivity contribution in [3.8, 4) is 0 Å². The summed E-state index contributed by atoms with van der Waals surface area (Å²) in [4.78, 5) is 22.0. The van der Waals surface area contributed by atoms with Crippen molar-refractivity contribution < 1.29 is 19.8 Å². The van der Waals surface area contributed by atoms with Crippen LogP contribution in [-0.2, 0) is 22.6 Å². The van der Waals surface area contributed by atoms with Crippen LogP contribution in [0.4, 0.5) is 0 Å². The third-order valence-electron chi connectivity index (χ3n) is 3.75. The second-order valence-corrected chi connectivity index (χ2v) is 5.64.